The van der Waals surface area contributed by atoms with E-state index in [1.54, 1.807) is 13.0 Å². The summed E-state index contributed by atoms with van der Waals surface area (Å²) in [6.45, 7) is 1.70. The quantitative estimate of drug-likeness (QED) is 0.689. The molecule has 0 saturated heterocycles. The third kappa shape index (κ3) is 2.92. The number of aryl methyl sites for hydroxylation is 1. The molecular formula is C12H9ClN2O4. The van der Waals surface area contributed by atoms with Crippen LogP contribution in [0.25, 0.3) is 0 Å². The monoisotopic (exact) mass is 280 g/mol. The van der Waals surface area contributed by atoms with Crippen LogP contribution in [0.5, 0.6) is 0 Å². The standard InChI is InChI=1S/C12H9ClN2O4/c1-7-2-5-11(19-7)12(16)14-9-4-3-8(13)6-10(9)15(17)18/h2-6H,1H3,(H,14,16). The molecule has 2 rings (SSSR count). The van der Waals surface area contributed by atoms with Crippen LogP contribution in [-0.4, -0.2) is 10.8 Å². The fourth-order valence-corrected chi connectivity index (χ4v) is 1.67. The van der Waals surface area contributed by atoms with Gasteiger partial charge in [0.15, 0.2) is 5.76 Å². The number of hydrogen-bond donors (Lipinski definition) is 1. The molecule has 0 bridgehead atoms. The predicted octanol–water partition coefficient (Wildman–Crippen LogP) is 3.40. The lowest BCUT2D eigenvalue weighted by Gasteiger charge is -2.04. The number of nitro benzene ring substituents is 1. The molecule has 19 heavy (non-hydrogen) atoms. The average molecular weight is 281 g/mol. The van der Waals surface area contributed by atoms with E-state index in [0.29, 0.717) is 5.76 Å². The third-order valence-electron chi connectivity index (χ3n) is 2.37. The summed E-state index contributed by atoms with van der Waals surface area (Å²) in [7, 11) is 0. The molecule has 7 heteroatoms. The van der Waals surface area contributed by atoms with Crippen LogP contribution in [0.4, 0.5) is 11.4 Å². The SMILES string of the molecule is Cc1ccc(C(=O)Nc2ccc(Cl)cc2[N+](=O)[O-])o1. The average Bonchev–Trinajstić information content (AvgIpc) is 2.78. The Morgan fingerprint density at radius 3 is 2.68 bits per heavy atom. The second kappa shape index (κ2) is 5.11. The Hall–Kier alpha value is -2.34. The van der Waals surface area contributed by atoms with Crippen molar-refractivity contribution >= 4 is 28.9 Å². The van der Waals surface area contributed by atoms with Gasteiger partial charge in [-0.25, -0.2) is 0 Å². The number of carbonyl (C=O) groups excluding carboxylic acids is 1. The molecule has 0 unspecified atom stereocenters. The summed E-state index contributed by atoms with van der Waals surface area (Å²) in [5, 5.41) is 13.5. The number of benzene rings is 1. The fourth-order valence-electron chi connectivity index (χ4n) is 1.50. The lowest BCUT2D eigenvalue weighted by molar-refractivity contribution is -0.383. The summed E-state index contributed by atoms with van der Waals surface area (Å²) >= 11 is 5.68. The zero-order valence-corrected chi connectivity index (χ0v) is 10.6. The van der Waals surface area contributed by atoms with Gasteiger partial charge in [0.25, 0.3) is 11.6 Å². The Kier molecular flexibility index (Phi) is 3.52. The highest BCUT2D eigenvalue weighted by molar-refractivity contribution is 6.31. The fraction of sp³-hybridized carbons (Fsp3) is 0.0833. The van der Waals surface area contributed by atoms with Crippen molar-refractivity contribution in [2.45, 2.75) is 6.92 Å². The maximum absolute atomic E-state index is 11.8. The first kappa shape index (κ1) is 13.1. The number of hydrogen-bond acceptors (Lipinski definition) is 4. The number of halogens is 1. The molecule has 1 aromatic heterocycles. The lowest BCUT2D eigenvalue weighted by atomic mass is 10.2. The smallest absolute Gasteiger partial charge is 0.294 e. The van der Waals surface area contributed by atoms with E-state index in [2.05, 4.69) is 5.32 Å². The van der Waals surface area contributed by atoms with Gasteiger partial charge in [-0.3, -0.25) is 14.9 Å². The molecule has 0 aliphatic heterocycles. The molecular weight excluding hydrogens is 272 g/mol. The Morgan fingerprint density at radius 1 is 1.37 bits per heavy atom. The Balaban J connectivity index is 2.28. The Bertz CT molecular complexity index is 651. The number of rotatable bonds is 3. The maximum atomic E-state index is 11.8. The highest BCUT2D eigenvalue weighted by atomic mass is 35.5. The van der Waals surface area contributed by atoms with Crippen LogP contribution in [-0.2, 0) is 0 Å². The first-order chi connectivity index (χ1) is 8.97. The van der Waals surface area contributed by atoms with E-state index < -0.39 is 10.8 Å². The second-order valence-corrected chi connectivity index (χ2v) is 4.22. The first-order valence-electron chi connectivity index (χ1n) is 5.29. The summed E-state index contributed by atoms with van der Waals surface area (Å²) in [6.07, 6.45) is 0. The van der Waals surface area contributed by atoms with Gasteiger partial charge in [0.2, 0.25) is 0 Å². The van der Waals surface area contributed by atoms with Crippen LogP contribution in [0, 0.1) is 17.0 Å². The van der Waals surface area contributed by atoms with Crippen molar-refractivity contribution < 1.29 is 14.1 Å². The summed E-state index contributed by atoms with van der Waals surface area (Å²) in [5.74, 6) is 0.107. The van der Waals surface area contributed by atoms with Gasteiger partial charge in [-0.2, -0.15) is 0 Å². The summed E-state index contributed by atoms with van der Waals surface area (Å²) in [6, 6.07) is 7.12. The minimum atomic E-state index is -0.616. The van der Waals surface area contributed by atoms with Crippen molar-refractivity contribution in [3.63, 3.8) is 0 Å². The van der Waals surface area contributed by atoms with Crippen LogP contribution in [0.3, 0.4) is 0 Å². The van der Waals surface area contributed by atoms with Crippen LogP contribution in [0.2, 0.25) is 5.02 Å². The van der Waals surface area contributed by atoms with Gasteiger partial charge >= 0.3 is 0 Å². The van der Waals surface area contributed by atoms with Crippen molar-refractivity contribution in [1.29, 1.82) is 0 Å². The normalized spacial score (nSPS) is 10.2. The minimum absolute atomic E-state index is 0.0634. The predicted molar refractivity (Wildman–Crippen MR) is 69.5 cm³/mol. The van der Waals surface area contributed by atoms with Crippen molar-refractivity contribution in [2.75, 3.05) is 5.32 Å². The molecule has 0 saturated carbocycles. The first-order valence-corrected chi connectivity index (χ1v) is 5.67. The van der Waals surface area contributed by atoms with E-state index in [1.807, 2.05) is 0 Å². The minimum Gasteiger partial charge on any atom is -0.456 e. The molecule has 0 fully saturated rings. The highest BCUT2D eigenvalue weighted by Crippen LogP contribution is 2.28. The van der Waals surface area contributed by atoms with Gasteiger partial charge in [0.1, 0.15) is 11.4 Å². The largest absolute Gasteiger partial charge is 0.456 e. The Labute approximate surface area is 113 Å². The molecule has 1 aromatic carbocycles. The van der Waals surface area contributed by atoms with E-state index in [1.165, 1.54) is 24.3 Å². The van der Waals surface area contributed by atoms with E-state index >= 15 is 0 Å². The third-order valence-corrected chi connectivity index (χ3v) is 2.60. The second-order valence-electron chi connectivity index (χ2n) is 3.78. The van der Waals surface area contributed by atoms with E-state index in [9.17, 15) is 14.9 Å². The van der Waals surface area contributed by atoms with Crippen LogP contribution < -0.4 is 5.32 Å². The number of furan rings is 1. The molecule has 1 heterocycles. The van der Waals surface area contributed by atoms with Gasteiger partial charge in [-0.05, 0) is 31.2 Å². The summed E-state index contributed by atoms with van der Waals surface area (Å²) in [5.41, 5.74) is -0.211. The van der Waals surface area contributed by atoms with Gasteiger partial charge in [0, 0.05) is 11.1 Å². The van der Waals surface area contributed by atoms with Crippen LogP contribution >= 0.6 is 11.6 Å². The van der Waals surface area contributed by atoms with Gasteiger partial charge in [0.05, 0.1) is 4.92 Å². The number of anilines is 1. The molecule has 0 radical (unpaired) electrons. The van der Waals surface area contributed by atoms with Gasteiger partial charge in [-0.15, -0.1) is 0 Å². The Morgan fingerprint density at radius 2 is 2.11 bits per heavy atom. The van der Waals surface area contributed by atoms with E-state index in [0.717, 1.165) is 0 Å². The van der Waals surface area contributed by atoms with Crippen LogP contribution in [0.1, 0.15) is 16.3 Å². The zero-order chi connectivity index (χ0) is 14.0. The topological polar surface area (TPSA) is 85.4 Å². The zero-order valence-electron chi connectivity index (χ0n) is 9.84. The van der Waals surface area contributed by atoms with Crippen molar-refractivity contribution in [1.82, 2.24) is 0 Å². The maximum Gasteiger partial charge on any atom is 0.294 e. The van der Waals surface area contributed by atoms with Crippen molar-refractivity contribution in [3.05, 3.63) is 57.0 Å². The summed E-state index contributed by atoms with van der Waals surface area (Å²) in [4.78, 5) is 22.1. The molecule has 98 valence electrons. The van der Waals surface area contributed by atoms with Crippen molar-refractivity contribution in [3.8, 4) is 0 Å². The molecule has 6 nitrogen and oxygen atoms in total. The molecule has 0 spiro atoms. The molecule has 2 aromatic rings. The summed E-state index contributed by atoms with van der Waals surface area (Å²) < 4.78 is 5.13. The lowest BCUT2D eigenvalue weighted by Crippen LogP contribution is -2.12. The number of nitrogens with zero attached hydrogens (tertiary/aromatic N) is 1. The van der Waals surface area contributed by atoms with Gasteiger partial charge in [-0.1, -0.05) is 11.6 Å². The van der Waals surface area contributed by atoms with Crippen LogP contribution in [0.15, 0.2) is 34.7 Å². The molecule has 0 aliphatic rings. The van der Waals surface area contributed by atoms with Gasteiger partial charge < -0.3 is 9.73 Å². The number of nitro groups is 1. The van der Waals surface area contributed by atoms with E-state index in [4.69, 9.17) is 16.0 Å². The van der Waals surface area contributed by atoms with Crippen molar-refractivity contribution in [2.24, 2.45) is 0 Å². The molecule has 0 atom stereocenters. The molecule has 0 aliphatic carbocycles. The molecule has 1 amide bonds. The number of nitrogens with one attached hydrogen (secondary N) is 1. The highest BCUT2D eigenvalue weighted by Gasteiger charge is 2.18. The number of carbonyl (C=O) groups is 1. The van der Waals surface area contributed by atoms with E-state index in [-0.39, 0.29) is 22.2 Å². The number of amides is 1. The molecule has 1 N–H and O–H groups in total.